The van der Waals surface area contributed by atoms with Crippen LogP contribution in [0.5, 0.6) is 0 Å². The third-order valence-corrected chi connectivity index (χ3v) is 12.6. The quantitative estimate of drug-likeness (QED) is 0.146. The maximum Gasteiger partial charge on any atom is 0.0540 e. The van der Waals surface area contributed by atoms with Crippen molar-refractivity contribution in [3.63, 3.8) is 0 Å². The van der Waals surface area contributed by atoms with Crippen LogP contribution in [0.3, 0.4) is 0 Å². The number of thiophene rings is 1. The molecule has 11 rings (SSSR count). The monoisotopic (exact) mass is 755 g/mol. The summed E-state index contributed by atoms with van der Waals surface area (Å²) in [5, 5.41) is 7.73. The lowest BCUT2D eigenvalue weighted by atomic mass is 9.96. The third kappa shape index (κ3) is 6.12. The molecule has 0 saturated carbocycles. The first-order valence-electron chi connectivity index (χ1n) is 19.8. The van der Waals surface area contributed by atoms with E-state index in [9.17, 15) is 0 Å². The lowest BCUT2D eigenvalue weighted by Crippen LogP contribution is -2.11. The fourth-order valence-corrected chi connectivity index (χ4v) is 9.60. The van der Waals surface area contributed by atoms with E-state index in [4.69, 9.17) is 0 Å². The van der Waals surface area contributed by atoms with Gasteiger partial charge < -0.3 is 4.90 Å². The van der Waals surface area contributed by atoms with Gasteiger partial charge in [-0.15, -0.1) is 11.3 Å². The zero-order chi connectivity index (χ0) is 38.4. The smallest absolute Gasteiger partial charge is 0.0540 e. The number of para-hydroxylation sites is 1. The second-order valence-corrected chi connectivity index (χ2v) is 16.0. The second-order valence-electron chi connectivity index (χ2n) is 14.9. The number of nitrogens with zero attached hydrogens (tertiary/aromatic N) is 1. The molecule has 272 valence electrons. The molecule has 0 atom stereocenters. The molecule has 0 amide bonds. The van der Waals surface area contributed by atoms with Crippen molar-refractivity contribution in [2.24, 2.45) is 0 Å². The van der Waals surface area contributed by atoms with Crippen LogP contribution < -0.4 is 4.90 Å². The Bertz CT molecular complexity index is 3250. The summed E-state index contributed by atoms with van der Waals surface area (Å²) in [7, 11) is 0. The van der Waals surface area contributed by atoms with E-state index < -0.39 is 0 Å². The van der Waals surface area contributed by atoms with Crippen LogP contribution in [-0.4, -0.2) is 0 Å². The predicted molar refractivity (Wildman–Crippen MR) is 251 cm³/mol. The highest BCUT2D eigenvalue weighted by molar-refractivity contribution is 7.25. The van der Waals surface area contributed by atoms with Crippen LogP contribution in [0.15, 0.2) is 224 Å². The molecule has 10 aromatic carbocycles. The van der Waals surface area contributed by atoms with E-state index >= 15 is 0 Å². The van der Waals surface area contributed by atoms with Crippen molar-refractivity contribution in [2.75, 3.05) is 4.90 Å². The maximum atomic E-state index is 2.40. The van der Waals surface area contributed by atoms with Gasteiger partial charge in [0.1, 0.15) is 0 Å². The highest BCUT2D eigenvalue weighted by Gasteiger charge is 2.18. The molecule has 58 heavy (non-hydrogen) atoms. The first-order valence-corrected chi connectivity index (χ1v) is 20.6. The normalized spacial score (nSPS) is 11.4. The van der Waals surface area contributed by atoms with Gasteiger partial charge in [0.25, 0.3) is 0 Å². The first kappa shape index (κ1) is 34.0. The number of rotatable bonds is 7. The van der Waals surface area contributed by atoms with Crippen molar-refractivity contribution >= 4 is 70.1 Å². The molecule has 2 heteroatoms. The van der Waals surface area contributed by atoms with E-state index in [1.54, 1.807) is 0 Å². The number of hydrogen-bond donors (Lipinski definition) is 0. The standard InChI is InChI=1S/C56H37NS/c1-2-10-38(11-3-1)39-18-20-43(21-19-39)51-14-6-8-16-54(51)57(48-32-26-41(27-33-48)45-29-35-56-53(37-45)52-15-7-9-17-55(52)58-56)47-30-24-40(25-31-47)44-28-34-50-46(36-44)23-22-42-12-4-5-13-49(42)50/h1-37H. The van der Waals surface area contributed by atoms with Gasteiger partial charge in [-0.2, -0.15) is 0 Å². The molecule has 1 aromatic heterocycles. The summed E-state index contributed by atoms with van der Waals surface area (Å²) in [6.45, 7) is 0. The average Bonchev–Trinajstić information content (AvgIpc) is 3.68. The Morgan fingerprint density at radius 3 is 1.55 bits per heavy atom. The Morgan fingerprint density at radius 1 is 0.276 bits per heavy atom. The molecule has 0 saturated heterocycles. The van der Waals surface area contributed by atoms with Gasteiger partial charge in [0.2, 0.25) is 0 Å². The highest BCUT2D eigenvalue weighted by atomic mass is 32.1. The van der Waals surface area contributed by atoms with Gasteiger partial charge in [-0.25, -0.2) is 0 Å². The summed E-state index contributed by atoms with van der Waals surface area (Å²) in [5.74, 6) is 0. The van der Waals surface area contributed by atoms with Crippen LogP contribution in [0.2, 0.25) is 0 Å². The Hall–Kier alpha value is -7.26. The molecule has 0 fully saturated rings. The largest absolute Gasteiger partial charge is 0.310 e. The Balaban J connectivity index is 0.994. The molecule has 0 aliphatic carbocycles. The average molecular weight is 756 g/mol. The van der Waals surface area contributed by atoms with Crippen molar-refractivity contribution in [1.82, 2.24) is 0 Å². The molecule has 1 heterocycles. The van der Waals surface area contributed by atoms with Crippen molar-refractivity contribution < 1.29 is 0 Å². The minimum absolute atomic E-state index is 1.10. The van der Waals surface area contributed by atoms with Gasteiger partial charge in [-0.05, 0) is 115 Å². The van der Waals surface area contributed by atoms with Gasteiger partial charge in [-0.1, -0.05) is 170 Å². The molecule has 0 radical (unpaired) electrons. The summed E-state index contributed by atoms with van der Waals surface area (Å²) < 4.78 is 2.65. The van der Waals surface area contributed by atoms with Crippen LogP contribution in [0, 0.1) is 0 Å². The molecule has 0 aliphatic rings. The van der Waals surface area contributed by atoms with Gasteiger partial charge in [0.05, 0.1) is 5.69 Å². The molecule has 0 bridgehead atoms. The van der Waals surface area contributed by atoms with Crippen molar-refractivity contribution in [1.29, 1.82) is 0 Å². The van der Waals surface area contributed by atoms with Gasteiger partial charge in [0, 0.05) is 37.1 Å². The summed E-state index contributed by atoms with van der Waals surface area (Å²) in [4.78, 5) is 2.40. The Kier molecular flexibility index (Phi) is 8.42. The molecule has 1 nitrogen and oxygen atoms in total. The number of fused-ring (bicyclic) bond motifs is 6. The van der Waals surface area contributed by atoms with E-state index in [0.717, 1.165) is 17.1 Å². The van der Waals surface area contributed by atoms with E-state index in [2.05, 4.69) is 229 Å². The van der Waals surface area contributed by atoms with Crippen LogP contribution in [-0.2, 0) is 0 Å². The summed E-state index contributed by atoms with van der Waals surface area (Å²) in [5.41, 5.74) is 12.9. The van der Waals surface area contributed by atoms with Gasteiger partial charge in [0.15, 0.2) is 0 Å². The van der Waals surface area contributed by atoms with Crippen LogP contribution in [0.1, 0.15) is 0 Å². The van der Waals surface area contributed by atoms with Crippen LogP contribution in [0.25, 0.3) is 86.2 Å². The Labute approximate surface area is 342 Å². The first-order chi connectivity index (χ1) is 28.7. The lowest BCUT2D eigenvalue weighted by Gasteiger charge is -2.28. The van der Waals surface area contributed by atoms with E-state index in [-0.39, 0.29) is 0 Å². The summed E-state index contributed by atoms with van der Waals surface area (Å²) in [6.07, 6.45) is 0. The number of benzene rings is 10. The molecule has 11 aromatic rings. The second kappa shape index (κ2) is 14.4. The fourth-order valence-electron chi connectivity index (χ4n) is 8.52. The fraction of sp³-hybridized carbons (Fsp3) is 0. The minimum Gasteiger partial charge on any atom is -0.310 e. The van der Waals surface area contributed by atoms with E-state index in [1.165, 1.54) is 86.2 Å². The van der Waals surface area contributed by atoms with Crippen molar-refractivity contribution in [2.45, 2.75) is 0 Å². The van der Waals surface area contributed by atoms with E-state index in [0.29, 0.717) is 0 Å². The third-order valence-electron chi connectivity index (χ3n) is 11.5. The molecule has 0 aliphatic heterocycles. The molecular weight excluding hydrogens is 719 g/mol. The summed E-state index contributed by atoms with van der Waals surface area (Å²) in [6, 6.07) is 81.9. The lowest BCUT2D eigenvalue weighted by molar-refractivity contribution is 1.28. The Morgan fingerprint density at radius 2 is 0.776 bits per heavy atom. The number of anilines is 3. The molecular formula is C56H37NS. The SMILES string of the molecule is c1ccc(-c2ccc(-c3ccccc3N(c3ccc(-c4ccc5c(ccc6ccccc65)c4)cc3)c3ccc(-c4ccc5sc6ccccc6c5c4)cc3)cc2)cc1. The number of hydrogen-bond acceptors (Lipinski definition) is 2. The van der Waals surface area contributed by atoms with Gasteiger partial charge >= 0.3 is 0 Å². The topological polar surface area (TPSA) is 3.24 Å². The van der Waals surface area contributed by atoms with E-state index in [1.807, 2.05) is 11.3 Å². The molecule has 0 unspecified atom stereocenters. The van der Waals surface area contributed by atoms with Gasteiger partial charge in [-0.3, -0.25) is 0 Å². The summed E-state index contributed by atoms with van der Waals surface area (Å²) >= 11 is 1.86. The highest BCUT2D eigenvalue weighted by Crippen LogP contribution is 2.43. The zero-order valence-corrected chi connectivity index (χ0v) is 32.5. The molecule has 0 N–H and O–H groups in total. The van der Waals surface area contributed by atoms with Crippen LogP contribution >= 0.6 is 11.3 Å². The van der Waals surface area contributed by atoms with Crippen molar-refractivity contribution in [3.05, 3.63) is 224 Å². The zero-order valence-electron chi connectivity index (χ0n) is 31.7. The minimum atomic E-state index is 1.10. The van der Waals surface area contributed by atoms with Crippen molar-refractivity contribution in [3.8, 4) is 44.5 Å². The predicted octanol–water partition coefficient (Wildman–Crippen LogP) is 16.5. The maximum absolute atomic E-state index is 2.40. The van der Waals surface area contributed by atoms with Crippen LogP contribution in [0.4, 0.5) is 17.1 Å². The molecule has 0 spiro atoms.